The molecule has 0 atom stereocenters. The summed E-state index contributed by atoms with van der Waals surface area (Å²) >= 11 is 5.75. The van der Waals surface area contributed by atoms with Crippen molar-refractivity contribution in [3.8, 4) is 5.75 Å². The second kappa shape index (κ2) is 7.14. The summed E-state index contributed by atoms with van der Waals surface area (Å²) in [6, 6.07) is 13.4. The summed E-state index contributed by atoms with van der Waals surface area (Å²) in [5.74, 6) is 0.931. The van der Waals surface area contributed by atoms with Gasteiger partial charge in [-0.3, -0.25) is 4.79 Å². The molecule has 1 amide bonds. The van der Waals surface area contributed by atoms with Crippen LogP contribution in [-0.4, -0.2) is 13.0 Å². The molecular weight excluding hydrogens is 286 g/mol. The molecule has 0 unspecified atom stereocenters. The molecule has 0 radical (unpaired) electrons. The summed E-state index contributed by atoms with van der Waals surface area (Å²) in [7, 11) is 1.56. The fourth-order valence-electron chi connectivity index (χ4n) is 2.02. The van der Waals surface area contributed by atoms with Crippen molar-refractivity contribution in [3.63, 3.8) is 0 Å². The number of halogens is 1. The number of carbonyl (C=O) groups is 1. The van der Waals surface area contributed by atoms with Gasteiger partial charge in [-0.15, -0.1) is 11.6 Å². The first-order chi connectivity index (χ1) is 10.1. The van der Waals surface area contributed by atoms with E-state index in [9.17, 15) is 4.79 Å². The number of benzene rings is 2. The number of alkyl halides is 1. The van der Waals surface area contributed by atoms with Gasteiger partial charge in [-0.1, -0.05) is 35.9 Å². The van der Waals surface area contributed by atoms with Gasteiger partial charge in [-0.25, -0.2) is 0 Å². The lowest BCUT2D eigenvalue weighted by molar-refractivity contribution is 0.0948. The first kappa shape index (κ1) is 15.4. The van der Waals surface area contributed by atoms with Gasteiger partial charge in [0, 0.05) is 12.4 Å². The Morgan fingerprint density at radius 1 is 1.14 bits per heavy atom. The molecule has 110 valence electrons. The average Bonchev–Trinajstić information content (AvgIpc) is 2.53. The lowest BCUT2D eigenvalue weighted by Gasteiger charge is -2.10. The van der Waals surface area contributed by atoms with Crippen LogP contribution in [0.5, 0.6) is 5.75 Å². The average molecular weight is 304 g/mol. The highest BCUT2D eigenvalue weighted by atomic mass is 35.5. The van der Waals surface area contributed by atoms with Crippen LogP contribution in [0, 0.1) is 6.92 Å². The summed E-state index contributed by atoms with van der Waals surface area (Å²) in [6.45, 7) is 2.42. The largest absolute Gasteiger partial charge is 0.496 e. The number of hydrogen-bond acceptors (Lipinski definition) is 2. The van der Waals surface area contributed by atoms with Crippen LogP contribution in [0.3, 0.4) is 0 Å². The molecule has 0 aromatic heterocycles. The number of carbonyl (C=O) groups excluding carboxylic acids is 1. The van der Waals surface area contributed by atoms with E-state index < -0.39 is 0 Å². The molecule has 0 bridgehead atoms. The molecule has 3 nitrogen and oxygen atoms in total. The molecule has 0 fully saturated rings. The molecule has 0 saturated heterocycles. The molecule has 0 heterocycles. The molecule has 2 aromatic rings. The minimum absolute atomic E-state index is 0.142. The standard InChI is InChI=1S/C17H18ClNO2/c1-12-3-8-16(21-2)15(9-12)17(20)19-11-14-6-4-13(10-18)5-7-14/h3-9H,10-11H2,1-2H3,(H,19,20). The summed E-state index contributed by atoms with van der Waals surface area (Å²) < 4.78 is 5.23. The monoisotopic (exact) mass is 303 g/mol. The zero-order valence-corrected chi connectivity index (χ0v) is 12.9. The van der Waals surface area contributed by atoms with E-state index in [0.29, 0.717) is 23.7 Å². The Hall–Kier alpha value is -2.00. The van der Waals surface area contributed by atoms with Gasteiger partial charge < -0.3 is 10.1 Å². The van der Waals surface area contributed by atoms with Crippen LogP contribution in [0.1, 0.15) is 27.0 Å². The maximum atomic E-state index is 12.3. The Morgan fingerprint density at radius 2 is 1.81 bits per heavy atom. The topological polar surface area (TPSA) is 38.3 Å². The summed E-state index contributed by atoms with van der Waals surface area (Å²) in [5, 5.41) is 2.90. The molecule has 2 rings (SSSR count). The van der Waals surface area contributed by atoms with Crippen LogP contribution in [0.25, 0.3) is 0 Å². The fourth-order valence-corrected chi connectivity index (χ4v) is 2.20. The minimum atomic E-state index is -0.142. The zero-order valence-electron chi connectivity index (χ0n) is 12.2. The Bertz CT molecular complexity index is 623. The molecule has 2 aromatic carbocycles. The Kier molecular flexibility index (Phi) is 5.23. The van der Waals surface area contributed by atoms with E-state index in [1.54, 1.807) is 13.2 Å². The number of aryl methyl sites for hydroxylation is 1. The number of rotatable bonds is 5. The van der Waals surface area contributed by atoms with Crippen molar-refractivity contribution in [2.24, 2.45) is 0 Å². The maximum Gasteiger partial charge on any atom is 0.255 e. The second-order valence-electron chi connectivity index (χ2n) is 4.84. The van der Waals surface area contributed by atoms with E-state index >= 15 is 0 Å². The van der Waals surface area contributed by atoms with Gasteiger partial charge in [0.1, 0.15) is 5.75 Å². The molecule has 4 heteroatoms. The highest BCUT2D eigenvalue weighted by Gasteiger charge is 2.12. The number of methoxy groups -OCH3 is 1. The van der Waals surface area contributed by atoms with Crippen molar-refractivity contribution in [1.29, 1.82) is 0 Å². The first-order valence-electron chi connectivity index (χ1n) is 6.70. The van der Waals surface area contributed by atoms with Crippen molar-refractivity contribution in [2.45, 2.75) is 19.3 Å². The first-order valence-corrected chi connectivity index (χ1v) is 7.24. The maximum absolute atomic E-state index is 12.3. The Morgan fingerprint density at radius 3 is 2.43 bits per heavy atom. The van der Waals surface area contributed by atoms with Gasteiger partial charge >= 0.3 is 0 Å². The molecule has 0 aliphatic rings. The minimum Gasteiger partial charge on any atom is -0.496 e. The van der Waals surface area contributed by atoms with Crippen LogP contribution in [0.15, 0.2) is 42.5 Å². The number of nitrogens with one attached hydrogen (secondary N) is 1. The van der Waals surface area contributed by atoms with Crippen molar-refractivity contribution < 1.29 is 9.53 Å². The summed E-state index contributed by atoms with van der Waals surface area (Å²) in [4.78, 5) is 12.3. The molecule has 0 saturated carbocycles. The molecular formula is C17H18ClNO2. The van der Waals surface area contributed by atoms with Crippen molar-refractivity contribution >= 4 is 17.5 Å². The van der Waals surface area contributed by atoms with Crippen molar-refractivity contribution in [1.82, 2.24) is 5.32 Å². The van der Waals surface area contributed by atoms with E-state index in [1.165, 1.54) is 0 Å². The van der Waals surface area contributed by atoms with Gasteiger partial charge in [0.05, 0.1) is 12.7 Å². The third-order valence-electron chi connectivity index (χ3n) is 3.23. The second-order valence-corrected chi connectivity index (χ2v) is 5.10. The summed E-state index contributed by atoms with van der Waals surface area (Å²) in [6.07, 6.45) is 0. The molecule has 1 N–H and O–H groups in total. The molecule has 21 heavy (non-hydrogen) atoms. The number of ether oxygens (including phenoxy) is 1. The number of amides is 1. The van der Waals surface area contributed by atoms with Gasteiger partial charge in [0.25, 0.3) is 5.91 Å². The SMILES string of the molecule is COc1ccc(C)cc1C(=O)NCc1ccc(CCl)cc1. The van der Waals surface area contributed by atoms with Crippen molar-refractivity contribution in [2.75, 3.05) is 7.11 Å². The highest BCUT2D eigenvalue weighted by molar-refractivity contribution is 6.17. The van der Waals surface area contributed by atoms with Gasteiger partial charge in [-0.2, -0.15) is 0 Å². The Labute approximate surface area is 129 Å². The Balaban J connectivity index is 2.05. The number of hydrogen-bond donors (Lipinski definition) is 1. The third-order valence-corrected chi connectivity index (χ3v) is 3.54. The van der Waals surface area contributed by atoms with Crippen LogP contribution in [0.2, 0.25) is 0 Å². The van der Waals surface area contributed by atoms with E-state index in [0.717, 1.165) is 16.7 Å². The fraction of sp³-hybridized carbons (Fsp3) is 0.235. The van der Waals surface area contributed by atoms with Gasteiger partial charge in [0.15, 0.2) is 0 Å². The van der Waals surface area contributed by atoms with Crippen molar-refractivity contribution in [3.05, 3.63) is 64.7 Å². The predicted octanol–water partition coefficient (Wildman–Crippen LogP) is 3.67. The van der Waals surface area contributed by atoms with Crippen LogP contribution < -0.4 is 10.1 Å². The predicted molar refractivity (Wildman–Crippen MR) is 84.9 cm³/mol. The highest BCUT2D eigenvalue weighted by Crippen LogP contribution is 2.19. The van der Waals surface area contributed by atoms with Gasteiger partial charge in [0.2, 0.25) is 0 Å². The van der Waals surface area contributed by atoms with Crippen LogP contribution in [0.4, 0.5) is 0 Å². The lowest BCUT2D eigenvalue weighted by atomic mass is 10.1. The summed E-state index contributed by atoms with van der Waals surface area (Å²) in [5.41, 5.74) is 3.67. The zero-order chi connectivity index (χ0) is 15.2. The normalized spacial score (nSPS) is 10.2. The quantitative estimate of drug-likeness (QED) is 0.856. The van der Waals surface area contributed by atoms with E-state index in [2.05, 4.69) is 5.32 Å². The van der Waals surface area contributed by atoms with Crippen LogP contribution in [-0.2, 0) is 12.4 Å². The van der Waals surface area contributed by atoms with E-state index in [4.69, 9.17) is 16.3 Å². The lowest BCUT2D eigenvalue weighted by Crippen LogP contribution is -2.23. The van der Waals surface area contributed by atoms with E-state index in [1.807, 2.05) is 43.3 Å². The molecule has 0 aliphatic carbocycles. The third kappa shape index (κ3) is 3.99. The smallest absolute Gasteiger partial charge is 0.255 e. The molecule has 0 aliphatic heterocycles. The van der Waals surface area contributed by atoms with Gasteiger partial charge in [-0.05, 0) is 30.2 Å². The van der Waals surface area contributed by atoms with E-state index in [-0.39, 0.29) is 5.91 Å². The van der Waals surface area contributed by atoms with Crippen LogP contribution >= 0.6 is 11.6 Å². The molecule has 0 spiro atoms.